The molecule has 0 aliphatic carbocycles. The van der Waals surface area contributed by atoms with Gasteiger partial charge >= 0.3 is 5.97 Å². The molecule has 2 fully saturated rings. The third kappa shape index (κ3) is 17.1. The van der Waals surface area contributed by atoms with Gasteiger partial charge in [0, 0.05) is 45.1 Å². The first kappa shape index (κ1) is 44.9. The van der Waals surface area contributed by atoms with Crippen molar-refractivity contribution in [3.05, 3.63) is 23.8 Å². The van der Waals surface area contributed by atoms with Gasteiger partial charge in [-0.05, 0) is 23.6 Å². The zero-order valence-corrected chi connectivity index (χ0v) is 30.0. The summed E-state index contributed by atoms with van der Waals surface area (Å²) >= 11 is 0. The van der Waals surface area contributed by atoms with E-state index in [-0.39, 0.29) is 126 Å². The number of carbonyl (C=O) groups is 6. The van der Waals surface area contributed by atoms with E-state index in [4.69, 9.17) is 33.6 Å². The molecular formula is C34H53N3O14. The van der Waals surface area contributed by atoms with Crippen LogP contribution in [-0.2, 0) is 54.3 Å². The van der Waals surface area contributed by atoms with Crippen LogP contribution in [0.25, 0.3) is 0 Å². The Hall–Kier alpha value is -4.16. The second kappa shape index (κ2) is 24.9. The zero-order chi connectivity index (χ0) is 38.3. The Morgan fingerprint density at radius 3 is 2.31 bits per heavy atom. The van der Waals surface area contributed by atoms with Gasteiger partial charge in [-0.25, -0.2) is 0 Å². The number of rotatable bonds is 18. The quantitative estimate of drug-likeness (QED) is 0.0619. The molecule has 4 atom stereocenters. The number of aliphatic hydroxyl groups is 2. The van der Waals surface area contributed by atoms with Crippen molar-refractivity contribution < 1.29 is 67.8 Å². The van der Waals surface area contributed by atoms with Crippen LogP contribution in [0.1, 0.15) is 65.9 Å². The highest BCUT2D eigenvalue weighted by Crippen LogP contribution is 2.30. The Bertz CT molecular complexity index is 1260. The zero-order valence-electron chi connectivity index (χ0n) is 30.0. The molecule has 0 saturated carbocycles. The number of benzene rings is 1. The van der Waals surface area contributed by atoms with Gasteiger partial charge in [-0.15, -0.1) is 0 Å². The lowest BCUT2D eigenvalue weighted by Crippen LogP contribution is -2.44. The molecule has 2 saturated heterocycles. The van der Waals surface area contributed by atoms with E-state index in [0.29, 0.717) is 5.56 Å². The number of ether oxygens (including phenoxy) is 5. The fraction of sp³-hybridized carbons (Fsp3) is 0.647. The van der Waals surface area contributed by atoms with Crippen LogP contribution in [0.15, 0.2) is 18.2 Å². The topological polar surface area (TPSA) is 237 Å². The number of anilines is 1. The first-order chi connectivity index (χ1) is 24.4. The van der Waals surface area contributed by atoms with Crippen molar-refractivity contribution in [3.8, 4) is 5.75 Å². The number of imide groups is 1. The molecule has 2 heterocycles. The highest BCUT2D eigenvalue weighted by atomic mass is 16.7. The molecule has 0 bridgehead atoms. The van der Waals surface area contributed by atoms with E-state index in [1.54, 1.807) is 18.2 Å². The minimum atomic E-state index is -1.09. The molecule has 1 aromatic carbocycles. The summed E-state index contributed by atoms with van der Waals surface area (Å²) in [5.74, 6) is -1.50. The fourth-order valence-corrected chi connectivity index (χ4v) is 4.79. The predicted octanol–water partition coefficient (Wildman–Crippen LogP) is 1.22. The summed E-state index contributed by atoms with van der Waals surface area (Å²) in [6.07, 6.45) is -2.63. The molecule has 0 radical (unpaired) electrons. The Kier molecular flexibility index (Phi) is 21.9. The van der Waals surface area contributed by atoms with Gasteiger partial charge in [0.2, 0.25) is 29.9 Å². The van der Waals surface area contributed by atoms with Crippen LogP contribution < -0.4 is 15.4 Å². The van der Waals surface area contributed by atoms with Gasteiger partial charge < -0.3 is 49.6 Å². The van der Waals surface area contributed by atoms with Crippen LogP contribution in [0.2, 0.25) is 0 Å². The van der Waals surface area contributed by atoms with Crippen molar-refractivity contribution in [1.29, 1.82) is 0 Å². The van der Waals surface area contributed by atoms with E-state index < -0.39 is 30.4 Å². The molecular weight excluding hydrogens is 674 g/mol. The number of hydrogen-bond acceptors (Lipinski definition) is 13. The number of amides is 4. The van der Waals surface area contributed by atoms with Gasteiger partial charge in [0.15, 0.2) is 0 Å². The van der Waals surface area contributed by atoms with Crippen LogP contribution >= 0.6 is 0 Å². The maximum Gasteiger partial charge on any atom is 0.302 e. The Morgan fingerprint density at radius 2 is 1.71 bits per heavy atom. The largest absolute Gasteiger partial charge is 0.483 e. The lowest BCUT2D eigenvalue weighted by Gasteiger charge is -2.31. The van der Waals surface area contributed by atoms with E-state index >= 15 is 0 Å². The average molecular weight is 728 g/mol. The van der Waals surface area contributed by atoms with E-state index in [1.165, 1.54) is 11.8 Å². The van der Waals surface area contributed by atoms with E-state index in [2.05, 4.69) is 10.6 Å². The number of nitrogens with one attached hydrogen (secondary N) is 2. The van der Waals surface area contributed by atoms with E-state index in [1.807, 2.05) is 27.7 Å². The van der Waals surface area contributed by atoms with Crippen LogP contribution in [0.5, 0.6) is 5.75 Å². The van der Waals surface area contributed by atoms with Crippen LogP contribution in [-0.4, -0.2) is 121 Å². The maximum atomic E-state index is 12.7. The fourth-order valence-electron chi connectivity index (χ4n) is 4.79. The van der Waals surface area contributed by atoms with E-state index in [0.717, 1.165) is 0 Å². The monoisotopic (exact) mass is 727 g/mol. The standard InChI is InChI=1S/C31H45N3O12.C2H6.CH2O2/c1-19(2)23-16-29(40)34(30(23)41)9-11-43-13-12-42-10-7-27(38)32-8-6-28(39)33-24-14-21(17-44-20(3)35)4-5-26(24)46-31-25(37)15-22(36)18-45-31;1-2;2-1-3/h4-5,14,19,22-23,25,31,36-37H,6-13,15-18H2,1-3H3,(H,32,38)(H,33,39);1-2H3;1H,(H,2,3). The smallest absolute Gasteiger partial charge is 0.302 e. The molecule has 2 aliphatic heterocycles. The molecule has 0 spiro atoms. The summed E-state index contributed by atoms with van der Waals surface area (Å²) in [6.45, 7) is 9.91. The second-order valence-corrected chi connectivity index (χ2v) is 11.6. The van der Waals surface area contributed by atoms with Crippen molar-refractivity contribution in [2.24, 2.45) is 11.8 Å². The van der Waals surface area contributed by atoms with Gasteiger partial charge in [-0.3, -0.25) is 33.7 Å². The van der Waals surface area contributed by atoms with Crippen LogP contribution in [0, 0.1) is 11.8 Å². The molecule has 4 unspecified atom stereocenters. The summed E-state index contributed by atoms with van der Waals surface area (Å²) in [5.41, 5.74) is 0.825. The number of esters is 1. The number of hydrogen-bond donors (Lipinski definition) is 5. The molecule has 0 aromatic heterocycles. The minimum Gasteiger partial charge on any atom is -0.483 e. The first-order valence-electron chi connectivity index (χ1n) is 16.9. The molecule has 17 nitrogen and oxygen atoms in total. The molecule has 2 aliphatic rings. The number of aliphatic hydroxyl groups excluding tert-OH is 2. The van der Waals surface area contributed by atoms with Gasteiger partial charge in [0.25, 0.3) is 6.47 Å². The van der Waals surface area contributed by atoms with Gasteiger partial charge in [-0.1, -0.05) is 33.8 Å². The molecule has 5 N–H and O–H groups in total. The van der Waals surface area contributed by atoms with Crippen molar-refractivity contribution in [2.45, 2.75) is 85.4 Å². The third-order valence-corrected chi connectivity index (χ3v) is 7.35. The van der Waals surface area contributed by atoms with Crippen LogP contribution in [0.4, 0.5) is 5.69 Å². The van der Waals surface area contributed by atoms with Gasteiger partial charge in [0.05, 0.1) is 51.4 Å². The summed E-state index contributed by atoms with van der Waals surface area (Å²) in [5, 5.41) is 32.1. The molecule has 288 valence electrons. The van der Waals surface area contributed by atoms with Crippen LogP contribution in [0.3, 0.4) is 0 Å². The van der Waals surface area contributed by atoms with Crippen molar-refractivity contribution in [1.82, 2.24) is 10.2 Å². The minimum absolute atomic E-state index is 0.0172. The summed E-state index contributed by atoms with van der Waals surface area (Å²) in [6, 6.07) is 4.74. The Morgan fingerprint density at radius 1 is 1.04 bits per heavy atom. The van der Waals surface area contributed by atoms with Crippen molar-refractivity contribution in [2.75, 3.05) is 51.4 Å². The molecule has 51 heavy (non-hydrogen) atoms. The number of likely N-dealkylation sites (tertiary alicyclic amines) is 1. The molecule has 3 rings (SSSR count). The highest BCUT2D eigenvalue weighted by molar-refractivity contribution is 6.03. The molecule has 17 heteroatoms. The number of carboxylic acid groups (broad SMARTS) is 1. The lowest BCUT2D eigenvalue weighted by molar-refractivity contribution is -0.198. The lowest BCUT2D eigenvalue weighted by atomic mass is 9.94. The summed E-state index contributed by atoms with van der Waals surface area (Å²) < 4.78 is 27.0. The summed E-state index contributed by atoms with van der Waals surface area (Å²) in [7, 11) is 0. The Labute approximate surface area is 297 Å². The SMILES string of the molecule is CC.CC(=O)OCc1ccc(OC2OCC(O)CC2O)c(NC(=O)CCNC(=O)CCOCCOCCN2C(=O)CC(C(C)C)C2=O)c1.O=CO. The average Bonchev–Trinajstić information content (AvgIpc) is 3.37. The highest BCUT2D eigenvalue weighted by Gasteiger charge is 2.39. The normalized spacial score (nSPS) is 19.6. The van der Waals surface area contributed by atoms with E-state index in [9.17, 15) is 34.2 Å². The molecule has 1 aromatic rings. The van der Waals surface area contributed by atoms with Gasteiger partial charge in [-0.2, -0.15) is 0 Å². The molecule has 4 amide bonds. The van der Waals surface area contributed by atoms with Crippen molar-refractivity contribution >= 4 is 41.8 Å². The third-order valence-electron chi connectivity index (χ3n) is 7.35. The first-order valence-corrected chi connectivity index (χ1v) is 16.9. The summed E-state index contributed by atoms with van der Waals surface area (Å²) in [4.78, 5) is 70.0. The maximum absolute atomic E-state index is 12.7. The van der Waals surface area contributed by atoms with Gasteiger partial charge in [0.1, 0.15) is 18.5 Å². The number of carbonyl (C=O) groups excluding carboxylic acids is 5. The predicted molar refractivity (Wildman–Crippen MR) is 181 cm³/mol. The Balaban J connectivity index is 0.00000246. The second-order valence-electron chi connectivity index (χ2n) is 11.6. The number of nitrogens with zero attached hydrogens (tertiary/aromatic N) is 1. The van der Waals surface area contributed by atoms with Crippen molar-refractivity contribution in [3.63, 3.8) is 0 Å².